The third-order valence-corrected chi connectivity index (χ3v) is 6.17. The molecule has 1 aliphatic rings. The van der Waals surface area contributed by atoms with Gasteiger partial charge in [-0.15, -0.1) is 21.5 Å². The zero-order valence-electron chi connectivity index (χ0n) is 15.5. The molecule has 1 N–H and O–H groups in total. The summed E-state index contributed by atoms with van der Waals surface area (Å²) in [6.07, 6.45) is -0.151. The van der Waals surface area contributed by atoms with Gasteiger partial charge in [-0.05, 0) is 38.5 Å². The number of hydrogen-bond acceptors (Lipinski definition) is 5. The van der Waals surface area contributed by atoms with E-state index in [2.05, 4.69) is 24.0 Å². The van der Waals surface area contributed by atoms with Gasteiger partial charge in [-0.1, -0.05) is 31.2 Å². The molecule has 1 aromatic carbocycles. The summed E-state index contributed by atoms with van der Waals surface area (Å²) in [5.41, 5.74) is 3.78. The molecule has 4 rings (SSSR count). The Morgan fingerprint density at radius 2 is 1.86 bits per heavy atom. The van der Waals surface area contributed by atoms with Gasteiger partial charge in [0, 0.05) is 21.0 Å². The SMILES string of the molecule is C.Cc1sc2c(c1C)C(c1ccc(Cl)cc1)=N[C@@H](CC(=O)O)c1nnc(C)n1-2.S. The van der Waals surface area contributed by atoms with Crippen LogP contribution in [0.5, 0.6) is 0 Å². The maximum Gasteiger partial charge on any atom is 0.306 e. The Kier molecular flexibility index (Phi) is 6.93. The molecule has 0 aliphatic carbocycles. The zero-order valence-corrected chi connectivity index (χ0v) is 18.1. The summed E-state index contributed by atoms with van der Waals surface area (Å²) in [4.78, 5) is 17.5. The molecule has 0 unspecified atom stereocenters. The maximum absolute atomic E-state index is 11.5. The van der Waals surface area contributed by atoms with E-state index in [1.165, 1.54) is 4.88 Å². The van der Waals surface area contributed by atoms with Gasteiger partial charge in [0.05, 0.1) is 12.1 Å². The fourth-order valence-electron chi connectivity index (χ4n) is 3.30. The van der Waals surface area contributed by atoms with E-state index in [-0.39, 0.29) is 27.3 Å². The smallest absolute Gasteiger partial charge is 0.306 e. The Balaban J connectivity index is 0.00000150. The molecule has 0 radical (unpaired) electrons. The standard InChI is InChI=1S/C19H17ClN4O2S.CH4.H2S/c1-9-10(2)27-19-16(9)17(12-4-6-13(20)7-5-12)21-14(8-15(25)26)18-23-22-11(3)24(18)19;;/h4-7,14H,8H2,1-3H3,(H,25,26);1H4;1H2/t14-;;/m0../s1. The highest BCUT2D eigenvalue weighted by molar-refractivity contribution is 7.59. The number of halogens is 1. The van der Waals surface area contributed by atoms with Crippen molar-refractivity contribution in [3.8, 4) is 5.00 Å². The van der Waals surface area contributed by atoms with Crippen LogP contribution in [0.4, 0.5) is 0 Å². The van der Waals surface area contributed by atoms with E-state index in [9.17, 15) is 9.90 Å². The Bertz CT molecular complexity index is 1090. The molecule has 1 atom stereocenters. The summed E-state index contributed by atoms with van der Waals surface area (Å²) in [5.74, 6) is 0.348. The Morgan fingerprint density at radius 1 is 1.21 bits per heavy atom. The molecule has 6 nitrogen and oxygen atoms in total. The van der Waals surface area contributed by atoms with Gasteiger partial charge < -0.3 is 5.11 Å². The van der Waals surface area contributed by atoms with Crippen LogP contribution in [-0.2, 0) is 4.79 Å². The molecule has 0 fully saturated rings. The number of rotatable bonds is 3. The van der Waals surface area contributed by atoms with E-state index in [0.29, 0.717) is 10.8 Å². The van der Waals surface area contributed by atoms with Crippen molar-refractivity contribution in [2.75, 3.05) is 0 Å². The summed E-state index contributed by atoms with van der Waals surface area (Å²) < 4.78 is 1.94. The average Bonchev–Trinajstić information content (AvgIpc) is 3.08. The molecule has 154 valence electrons. The molecule has 1 aliphatic heterocycles. The minimum atomic E-state index is -0.926. The summed E-state index contributed by atoms with van der Waals surface area (Å²) in [6.45, 7) is 6.00. The van der Waals surface area contributed by atoms with Gasteiger partial charge in [0.15, 0.2) is 5.82 Å². The van der Waals surface area contributed by atoms with E-state index in [1.54, 1.807) is 11.3 Å². The number of aryl methyl sites for hydroxylation is 2. The molecule has 3 heterocycles. The van der Waals surface area contributed by atoms with Gasteiger partial charge in [-0.2, -0.15) is 13.5 Å². The van der Waals surface area contributed by atoms with Crippen molar-refractivity contribution in [3.63, 3.8) is 0 Å². The Hall–Kier alpha value is -2.16. The van der Waals surface area contributed by atoms with Gasteiger partial charge in [0.1, 0.15) is 16.9 Å². The van der Waals surface area contributed by atoms with Crippen LogP contribution in [0.25, 0.3) is 5.00 Å². The van der Waals surface area contributed by atoms with Crippen LogP contribution >= 0.6 is 36.4 Å². The number of aliphatic carboxylic acids is 1. The lowest BCUT2D eigenvalue weighted by molar-refractivity contribution is -0.137. The Morgan fingerprint density at radius 3 is 2.48 bits per heavy atom. The first-order valence-corrected chi connectivity index (χ1v) is 9.64. The number of nitrogens with zero attached hydrogens (tertiary/aromatic N) is 4. The zero-order chi connectivity index (χ0) is 19.3. The second-order valence-corrected chi connectivity index (χ2v) is 8.14. The number of carbonyl (C=O) groups is 1. The van der Waals surface area contributed by atoms with Crippen molar-refractivity contribution >= 4 is 48.1 Å². The van der Waals surface area contributed by atoms with Gasteiger partial charge in [-0.3, -0.25) is 14.4 Å². The topological polar surface area (TPSA) is 80.4 Å². The van der Waals surface area contributed by atoms with Crippen LogP contribution in [0.2, 0.25) is 5.02 Å². The van der Waals surface area contributed by atoms with Crippen LogP contribution < -0.4 is 0 Å². The second kappa shape index (κ2) is 8.69. The molecule has 29 heavy (non-hydrogen) atoms. The molecule has 9 heteroatoms. The number of hydrogen-bond donors (Lipinski definition) is 1. The van der Waals surface area contributed by atoms with Gasteiger partial charge >= 0.3 is 5.97 Å². The minimum absolute atomic E-state index is 0. The predicted octanol–water partition coefficient (Wildman–Crippen LogP) is 5.02. The number of thiophene rings is 1. The fraction of sp³-hybridized carbons (Fsp3) is 0.300. The third kappa shape index (κ3) is 3.97. The summed E-state index contributed by atoms with van der Waals surface area (Å²) >= 11 is 7.70. The van der Waals surface area contributed by atoms with Crippen molar-refractivity contribution in [2.45, 2.75) is 40.7 Å². The average molecular weight is 451 g/mol. The monoisotopic (exact) mass is 450 g/mol. The highest BCUT2D eigenvalue weighted by Crippen LogP contribution is 2.39. The normalized spacial score (nSPS) is 14.6. The van der Waals surface area contributed by atoms with Crippen molar-refractivity contribution in [1.82, 2.24) is 14.8 Å². The number of benzene rings is 1. The van der Waals surface area contributed by atoms with E-state index < -0.39 is 12.0 Å². The van der Waals surface area contributed by atoms with Gasteiger partial charge in [-0.25, -0.2) is 0 Å². The lowest BCUT2D eigenvalue weighted by atomic mass is 9.99. The molecule has 0 bridgehead atoms. The van der Waals surface area contributed by atoms with Crippen LogP contribution in [-0.4, -0.2) is 31.6 Å². The van der Waals surface area contributed by atoms with Crippen LogP contribution in [0.15, 0.2) is 29.3 Å². The number of carboxylic acid groups (broad SMARTS) is 1. The highest BCUT2D eigenvalue weighted by Gasteiger charge is 2.32. The molecule has 0 amide bonds. The third-order valence-electron chi connectivity index (χ3n) is 4.73. The highest BCUT2D eigenvalue weighted by atomic mass is 35.5. The molecular formula is C20H23ClN4O2S2. The first kappa shape index (κ1) is 23.1. The Labute approximate surface area is 185 Å². The molecular weight excluding hydrogens is 428 g/mol. The van der Waals surface area contributed by atoms with Crippen LogP contribution in [0.1, 0.15) is 53.1 Å². The number of aliphatic imine (C=N–C) groups is 1. The summed E-state index contributed by atoms with van der Waals surface area (Å²) in [7, 11) is 0. The maximum atomic E-state index is 11.5. The molecule has 3 aromatic rings. The number of fused-ring (bicyclic) bond motifs is 3. The van der Waals surface area contributed by atoms with Crippen molar-refractivity contribution in [1.29, 1.82) is 0 Å². The minimum Gasteiger partial charge on any atom is -0.481 e. The molecule has 0 saturated carbocycles. The van der Waals surface area contributed by atoms with E-state index in [1.807, 2.05) is 35.8 Å². The van der Waals surface area contributed by atoms with Crippen molar-refractivity contribution in [3.05, 3.63) is 62.5 Å². The van der Waals surface area contributed by atoms with E-state index >= 15 is 0 Å². The second-order valence-electron chi connectivity index (χ2n) is 6.50. The quantitative estimate of drug-likeness (QED) is 0.607. The predicted molar refractivity (Wildman–Crippen MR) is 123 cm³/mol. The largest absolute Gasteiger partial charge is 0.481 e. The number of aromatic nitrogens is 3. The van der Waals surface area contributed by atoms with Crippen molar-refractivity contribution in [2.24, 2.45) is 4.99 Å². The van der Waals surface area contributed by atoms with Crippen molar-refractivity contribution < 1.29 is 9.90 Å². The summed E-state index contributed by atoms with van der Waals surface area (Å²) in [6, 6.07) is 6.84. The first-order chi connectivity index (χ1) is 12.9. The van der Waals surface area contributed by atoms with E-state index in [4.69, 9.17) is 16.6 Å². The molecule has 0 saturated heterocycles. The fourth-order valence-corrected chi connectivity index (χ4v) is 4.64. The van der Waals surface area contributed by atoms with Gasteiger partial charge in [0.25, 0.3) is 0 Å². The van der Waals surface area contributed by atoms with Gasteiger partial charge in [0.2, 0.25) is 0 Å². The molecule has 2 aromatic heterocycles. The number of carboxylic acids is 1. The van der Waals surface area contributed by atoms with Crippen LogP contribution in [0, 0.1) is 20.8 Å². The lowest BCUT2D eigenvalue weighted by Crippen LogP contribution is -2.10. The van der Waals surface area contributed by atoms with E-state index in [0.717, 1.165) is 33.2 Å². The first-order valence-electron chi connectivity index (χ1n) is 8.45. The molecule has 0 spiro atoms. The summed E-state index contributed by atoms with van der Waals surface area (Å²) in [5, 5.41) is 19.5. The lowest BCUT2D eigenvalue weighted by Gasteiger charge is -2.10. The van der Waals surface area contributed by atoms with Crippen LogP contribution in [0.3, 0.4) is 0 Å².